The van der Waals surface area contributed by atoms with E-state index in [-0.39, 0.29) is 0 Å². The summed E-state index contributed by atoms with van der Waals surface area (Å²) in [6.07, 6.45) is 3.95. The molecule has 16 heavy (non-hydrogen) atoms. The molecule has 0 aliphatic carbocycles. The molecule has 4 heteroatoms. The molecule has 0 saturated heterocycles. The van der Waals surface area contributed by atoms with E-state index in [0.717, 1.165) is 29.8 Å². The van der Waals surface area contributed by atoms with Crippen LogP contribution in [-0.2, 0) is 12.8 Å². The van der Waals surface area contributed by atoms with Crippen molar-refractivity contribution in [3.63, 3.8) is 0 Å². The second kappa shape index (κ2) is 4.94. The SMILES string of the molecule is O=Cc1nc[nH]c1CCc1ccc(Cl)cc1. The molecule has 2 aromatic rings. The quantitative estimate of drug-likeness (QED) is 0.827. The fraction of sp³-hybridized carbons (Fsp3) is 0.167. The van der Waals surface area contributed by atoms with Crippen molar-refractivity contribution in [2.24, 2.45) is 0 Å². The standard InChI is InChI=1S/C12H11ClN2O/c13-10-4-1-9(2-5-10)3-6-11-12(7-16)15-8-14-11/h1-2,4-5,7-8H,3,6H2,(H,14,15). The molecule has 0 spiro atoms. The molecular weight excluding hydrogens is 224 g/mol. The van der Waals surface area contributed by atoms with E-state index in [1.165, 1.54) is 5.56 Å². The minimum atomic E-state index is 0.494. The molecule has 0 saturated carbocycles. The molecule has 0 unspecified atom stereocenters. The van der Waals surface area contributed by atoms with Gasteiger partial charge in [0.15, 0.2) is 6.29 Å². The Hall–Kier alpha value is -1.61. The van der Waals surface area contributed by atoms with E-state index in [1.807, 2.05) is 24.3 Å². The van der Waals surface area contributed by atoms with Gasteiger partial charge >= 0.3 is 0 Å². The molecule has 0 bridgehead atoms. The fourth-order valence-corrected chi connectivity index (χ4v) is 1.68. The number of carbonyl (C=O) groups is 1. The lowest BCUT2D eigenvalue weighted by molar-refractivity contribution is 0.111. The summed E-state index contributed by atoms with van der Waals surface area (Å²) in [5, 5.41) is 0.735. The van der Waals surface area contributed by atoms with Crippen LogP contribution in [0.5, 0.6) is 0 Å². The van der Waals surface area contributed by atoms with Gasteiger partial charge in [-0.3, -0.25) is 4.79 Å². The molecule has 3 nitrogen and oxygen atoms in total. The number of imidazole rings is 1. The summed E-state index contributed by atoms with van der Waals surface area (Å²) < 4.78 is 0. The zero-order chi connectivity index (χ0) is 11.4. The van der Waals surface area contributed by atoms with Crippen LogP contribution in [0.25, 0.3) is 0 Å². The summed E-state index contributed by atoms with van der Waals surface area (Å²) >= 11 is 5.80. The molecule has 1 aromatic heterocycles. The van der Waals surface area contributed by atoms with Crippen LogP contribution < -0.4 is 0 Å². The Kier molecular flexibility index (Phi) is 3.37. The summed E-state index contributed by atoms with van der Waals surface area (Å²) in [7, 11) is 0. The van der Waals surface area contributed by atoms with Crippen molar-refractivity contribution in [2.75, 3.05) is 0 Å². The molecule has 0 radical (unpaired) electrons. The normalized spacial score (nSPS) is 10.3. The van der Waals surface area contributed by atoms with Gasteiger partial charge in [-0.1, -0.05) is 23.7 Å². The van der Waals surface area contributed by atoms with Gasteiger partial charge in [0.05, 0.1) is 6.33 Å². The molecule has 2 rings (SSSR count). The highest BCUT2D eigenvalue weighted by molar-refractivity contribution is 6.30. The molecule has 0 atom stereocenters. The van der Waals surface area contributed by atoms with Crippen LogP contribution in [0.1, 0.15) is 21.7 Å². The zero-order valence-electron chi connectivity index (χ0n) is 8.61. The Morgan fingerprint density at radius 3 is 2.69 bits per heavy atom. The summed E-state index contributed by atoms with van der Waals surface area (Å²) in [5.41, 5.74) is 2.56. The number of hydrogen-bond donors (Lipinski definition) is 1. The van der Waals surface area contributed by atoms with E-state index in [9.17, 15) is 4.79 Å². The highest BCUT2D eigenvalue weighted by Gasteiger charge is 2.04. The van der Waals surface area contributed by atoms with Gasteiger partial charge in [-0.15, -0.1) is 0 Å². The maximum atomic E-state index is 10.6. The first-order valence-electron chi connectivity index (χ1n) is 5.01. The Balaban J connectivity index is 2.02. The number of aromatic nitrogens is 2. The van der Waals surface area contributed by atoms with Gasteiger partial charge in [0.1, 0.15) is 5.69 Å². The maximum Gasteiger partial charge on any atom is 0.170 e. The lowest BCUT2D eigenvalue weighted by atomic mass is 10.1. The van der Waals surface area contributed by atoms with Crippen LogP contribution in [0.3, 0.4) is 0 Å². The number of halogens is 1. The second-order valence-corrected chi connectivity index (χ2v) is 3.95. The number of nitrogens with zero attached hydrogens (tertiary/aromatic N) is 1. The van der Waals surface area contributed by atoms with Gasteiger partial charge in [0.2, 0.25) is 0 Å². The van der Waals surface area contributed by atoms with Crippen LogP contribution in [0.4, 0.5) is 0 Å². The predicted octanol–water partition coefficient (Wildman–Crippen LogP) is 2.66. The van der Waals surface area contributed by atoms with Gasteiger partial charge in [-0.25, -0.2) is 4.98 Å². The van der Waals surface area contributed by atoms with Gasteiger partial charge in [0.25, 0.3) is 0 Å². The number of aryl methyl sites for hydroxylation is 2. The molecule has 0 fully saturated rings. The first-order chi connectivity index (χ1) is 7.79. The van der Waals surface area contributed by atoms with Crippen molar-refractivity contribution >= 4 is 17.9 Å². The van der Waals surface area contributed by atoms with E-state index in [2.05, 4.69) is 9.97 Å². The molecule has 82 valence electrons. The third-order valence-corrected chi connectivity index (χ3v) is 2.69. The van der Waals surface area contributed by atoms with E-state index < -0.39 is 0 Å². The zero-order valence-corrected chi connectivity index (χ0v) is 9.37. The molecule has 0 aliphatic rings. The Morgan fingerprint density at radius 2 is 2.00 bits per heavy atom. The number of nitrogens with one attached hydrogen (secondary N) is 1. The van der Waals surface area contributed by atoms with E-state index in [4.69, 9.17) is 11.6 Å². The second-order valence-electron chi connectivity index (χ2n) is 3.51. The number of aromatic amines is 1. The first kappa shape index (κ1) is 10.9. The van der Waals surface area contributed by atoms with E-state index >= 15 is 0 Å². The number of aldehydes is 1. The third-order valence-electron chi connectivity index (χ3n) is 2.44. The minimum Gasteiger partial charge on any atom is -0.348 e. The lowest BCUT2D eigenvalue weighted by Gasteiger charge is -2.00. The first-order valence-corrected chi connectivity index (χ1v) is 5.39. The Labute approximate surface area is 98.5 Å². The van der Waals surface area contributed by atoms with Crippen molar-refractivity contribution in [3.05, 3.63) is 52.6 Å². The summed E-state index contributed by atoms with van der Waals surface area (Å²) in [6.45, 7) is 0. The van der Waals surface area contributed by atoms with Crippen LogP contribution in [0.15, 0.2) is 30.6 Å². The van der Waals surface area contributed by atoms with E-state index in [1.54, 1.807) is 6.33 Å². The highest BCUT2D eigenvalue weighted by atomic mass is 35.5. The van der Waals surface area contributed by atoms with E-state index in [0.29, 0.717) is 5.69 Å². The average molecular weight is 235 g/mol. The van der Waals surface area contributed by atoms with Crippen molar-refractivity contribution in [1.29, 1.82) is 0 Å². The van der Waals surface area contributed by atoms with Crippen molar-refractivity contribution in [1.82, 2.24) is 9.97 Å². The van der Waals surface area contributed by atoms with Gasteiger partial charge in [0, 0.05) is 10.7 Å². The summed E-state index contributed by atoms with van der Waals surface area (Å²) in [5.74, 6) is 0. The van der Waals surface area contributed by atoms with Gasteiger partial charge in [-0.05, 0) is 30.5 Å². The Morgan fingerprint density at radius 1 is 1.25 bits per heavy atom. The number of hydrogen-bond acceptors (Lipinski definition) is 2. The molecule has 1 aromatic carbocycles. The third kappa shape index (κ3) is 2.49. The minimum absolute atomic E-state index is 0.494. The van der Waals surface area contributed by atoms with Crippen molar-refractivity contribution < 1.29 is 4.79 Å². The van der Waals surface area contributed by atoms with Gasteiger partial charge < -0.3 is 4.98 Å². The molecule has 1 N–H and O–H groups in total. The summed E-state index contributed by atoms with van der Waals surface area (Å²) in [4.78, 5) is 17.5. The number of benzene rings is 1. The number of H-pyrrole nitrogens is 1. The average Bonchev–Trinajstić information content (AvgIpc) is 2.76. The van der Waals surface area contributed by atoms with Crippen molar-refractivity contribution in [3.8, 4) is 0 Å². The van der Waals surface area contributed by atoms with Crippen molar-refractivity contribution in [2.45, 2.75) is 12.8 Å². The molecule has 0 aliphatic heterocycles. The lowest BCUT2D eigenvalue weighted by Crippen LogP contribution is -1.95. The Bertz CT molecular complexity index is 476. The predicted molar refractivity (Wildman–Crippen MR) is 62.8 cm³/mol. The van der Waals surface area contributed by atoms with Crippen LogP contribution in [0, 0.1) is 0 Å². The largest absolute Gasteiger partial charge is 0.348 e. The molecular formula is C12H11ClN2O. The topological polar surface area (TPSA) is 45.8 Å². The highest BCUT2D eigenvalue weighted by Crippen LogP contribution is 2.12. The number of rotatable bonds is 4. The molecule has 0 amide bonds. The van der Waals surface area contributed by atoms with Crippen LogP contribution in [0.2, 0.25) is 5.02 Å². The van der Waals surface area contributed by atoms with Crippen LogP contribution in [-0.4, -0.2) is 16.3 Å². The van der Waals surface area contributed by atoms with Gasteiger partial charge in [-0.2, -0.15) is 0 Å². The van der Waals surface area contributed by atoms with Crippen LogP contribution >= 0.6 is 11.6 Å². The summed E-state index contributed by atoms with van der Waals surface area (Å²) in [6, 6.07) is 7.70. The molecule has 1 heterocycles. The monoisotopic (exact) mass is 234 g/mol. The number of carbonyl (C=O) groups excluding carboxylic acids is 1. The fourth-order valence-electron chi connectivity index (χ4n) is 1.55. The smallest absolute Gasteiger partial charge is 0.170 e. The maximum absolute atomic E-state index is 10.6.